The van der Waals surface area contributed by atoms with Crippen LogP contribution in [0.2, 0.25) is 0 Å². The normalized spacial score (nSPS) is 12.0. The molecule has 4 nitrogen and oxygen atoms in total. The maximum absolute atomic E-state index is 12.7. The molecule has 0 saturated heterocycles. The van der Waals surface area contributed by atoms with Gasteiger partial charge in [0.1, 0.15) is 5.82 Å². The second kappa shape index (κ2) is 5.38. The lowest BCUT2D eigenvalue weighted by atomic mass is 10.4. The Morgan fingerprint density at radius 1 is 1.31 bits per heavy atom. The van der Waals surface area contributed by atoms with Crippen molar-refractivity contribution in [2.45, 2.75) is 11.8 Å². The molecule has 16 heavy (non-hydrogen) atoms. The summed E-state index contributed by atoms with van der Waals surface area (Å²) in [6.07, 6.45) is 0. The van der Waals surface area contributed by atoms with Gasteiger partial charge in [-0.2, -0.15) is 4.31 Å². The van der Waals surface area contributed by atoms with Crippen LogP contribution < -0.4 is 5.73 Å². The van der Waals surface area contributed by atoms with Crippen LogP contribution in [0.3, 0.4) is 0 Å². The second-order valence-corrected chi connectivity index (χ2v) is 5.18. The standard InChI is InChI=1S/C10H15FN2O2S/c1-2-13(8-7-12)16(14,15)10-5-3-9(11)4-6-10/h3-6H,2,7-8,12H2,1H3. The maximum atomic E-state index is 12.7. The zero-order chi connectivity index (χ0) is 12.2. The quantitative estimate of drug-likeness (QED) is 0.835. The molecule has 1 aromatic rings. The zero-order valence-electron chi connectivity index (χ0n) is 9.06. The summed E-state index contributed by atoms with van der Waals surface area (Å²) in [5.41, 5.74) is 5.34. The smallest absolute Gasteiger partial charge is 0.243 e. The Balaban J connectivity index is 3.04. The van der Waals surface area contributed by atoms with Crippen LogP contribution in [0.5, 0.6) is 0 Å². The fourth-order valence-corrected chi connectivity index (χ4v) is 2.81. The molecule has 0 fully saturated rings. The third kappa shape index (κ3) is 2.78. The molecule has 0 aromatic heterocycles. The first-order valence-corrected chi connectivity index (χ1v) is 6.42. The molecule has 1 rings (SSSR count). The molecule has 0 radical (unpaired) electrons. The molecule has 2 N–H and O–H groups in total. The van der Waals surface area contributed by atoms with E-state index in [2.05, 4.69) is 0 Å². The molecule has 0 spiro atoms. The minimum Gasteiger partial charge on any atom is -0.329 e. The van der Waals surface area contributed by atoms with Crippen molar-refractivity contribution in [3.63, 3.8) is 0 Å². The summed E-state index contributed by atoms with van der Waals surface area (Å²) in [5, 5.41) is 0. The van der Waals surface area contributed by atoms with Gasteiger partial charge in [0.2, 0.25) is 10.0 Å². The number of hydrogen-bond acceptors (Lipinski definition) is 3. The number of halogens is 1. The predicted octanol–water partition coefficient (Wildman–Crippen LogP) is 0.795. The van der Waals surface area contributed by atoms with Crippen LogP contribution in [-0.4, -0.2) is 32.4 Å². The van der Waals surface area contributed by atoms with Crippen LogP contribution >= 0.6 is 0 Å². The van der Waals surface area contributed by atoms with Crippen molar-refractivity contribution < 1.29 is 12.8 Å². The molecular formula is C10H15FN2O2S. The predicted molar refractivity (Wildman–Crippen MR) is 59.9 cm³/mol. The van der Waals surface area contributed by atoms with E-state index in [4.69, 9.17) is 5.73 Å². The topological polar surface area (TPSA) is 63.4 Å². The first-order chi connectivity index (χ1) is 7.52. The summed E-state index contributed by atoms with van der Waals surface area (Å²) in [7, 11) is -3.54. The van der Waals surface area contributed by atoms with Gasteiger partial charge in [0.25, 0.3) is 0 Å². The van der Waals surface area contributed by atoms with Crippen LogP contribution in [0.1, 0.15) is 6.92 Å². The average molecular weight is 246 g/mol. The molecule has 0 aliphatic heterocycles. The van der Waals surface area contributed by atoms with Gasteiger partial charge < -0.3 is 5.73 Å². The van der Waals surface area contributed by atoms with E-state index in [0.717, 1.165) is 12.1 Å². The number of rotatable bonds is 5. The summed E-state index contributed by atoms with van der Waals surface area (Å²) in [4.78, 5) is 0.0872. The van der Waals surface area contributed by atoms with Crippen LogP contribution in [0.25, 0.3) is 0 Å². The van der Waals surface area contributed by atoms with Crippen LogP contribution in [0.15, 0.2) is 29.2 Å². The van der Waals surface area contributed by atoms with E-state index in [1.807, 2.05) is 0 Å². The third-order valence-corrected chi connectivity index (χ3v) is 4.17. The van der Waals surface area contributed by atoms with Gasteiger partial charge >= 0.3 is 0 Å². The number of likely N-dealkylation sites (N-methyl/N-ethyl adjacent to an activating group) is 1. The molecule has 0 unspecified atom stereocenters. The first kappa shape index (κ1) is 13.1. The molecule has 6 heteroatoms. The highest BCUT2D eigenvalue weighted by Crippen LogP contribution is 2.15. The fourth-order valence-electron chi connectivity index (χ4n) is 1.35. The van der Waals surface area contributed by atoms with Crippen molar-refractivity contribution in [3.05, 3.63) is 30.1 Å². The third-order valence-electron chi connectivity index (χ3n) is 2.18. The lowest BCUT2D eigenvalue weighted by molar-refractivity contribution is 0.435. The molecule has 90 valence electrons. The van der Waals surface area contributed by atoms with E-state index in [1.165, 1.54) is 16.4 Å². The van der Waals surface area contributed by atoms with Gasteiger partial charge in [0.05, 0.1) is 4.90 Å². The Kier molecular flexibility index (Phi) is 4.40. The number of benzene rings is 1. The Labute approximate surface area is 94.9 Å². The highest BCUT2D eigenvalue weighted by atomic mass is 32.2. The van der Waals surface area contributed by atoms with Gasteiger partial charge in [0.15, 0.2) is 0 Å². The summed E-state index contributed by atoms with van der Waals surface area (Å²) >= 11 is 0. The van der Waals surface area contributed by atoms with Crippen molar-refractivity contribution in [1.82, 2.24) is 4.31 Å². The van der Waals surface area contributed by atoms with Gasteiger partial charge in [-0.05, 0) is 24.3 Å². The molecule has 1 aromatic carbocycles. The number of hydrogen-bond donors (Lipinski definition) is 1. The highest BCUT2D eigenvalue weighted by Gasteiger charge is 2.21. The van der Waals surface area contributed by atoms with Crippen molar-refractivity contribution >= 4 is 10.0 Å². The Hall–Kier alpha value is -0.980. The second-order valence-electron chi connectivity index (χ2n) is 3.24. The largest absolute Gasteiger partial charge is 0.329 e. The average Bonchev–Trinajstić information content (AvgIpc) is 2.26. The Morgan fingerprint density at radius 3 is 2.31 bits per heavy atom. The van der Waals surface area contributed by atoms with E-state index < -0.39 is 15.8 Å². The van der Waals surface area contributed by atoms with Crippen molar-refractivity contribution in [3.8, 4) is 0 Å². The lowest BCUT2D eigenvalue weighted by Gasteiger charge is -2.19. The van der Waals surface area contributed by atoms with Gasteiger partial charge in [-0.25, -0.2) is 12.8 Å². The molecule has 0 aliphatic rings. The maximum Gasteiger partial charge on any atom is 0.243 e. The lowest BCUT2D eigenvalue weighted by Crippen LogP contribution is -2.35. The first-order valence-electron chi connectivity index (χ1n) is 4.98. The molecule has 0 bridgehead atoms. The minimum absolute atomic E-state index is 0.0872. The van der Waals surface area contributed by atoms with E-state index >= 15 is 0 Å². The number of sulfonamides is 1. The van der Waals surface area contributed by atoms with Gasteiger partial charge in [0, 0.05) is 19.6 Å². The van der Waals surface area contributed by atoms with Crippen LogP contribution in [0.4, 0.5) is 4.39 Å². The molecule has 0 aliphatic carbocycles. The SMILES string of the molecule is CCN(CCN)S(=O)(=O)c1ccc(F)cc1. The van der Waals surface area contributed by atoms with E-state index in [1.54, 1.807) is 6.92 Å². The number of nitrogens with zero attached hydrogens (tertiary/aromatic N) is 1. The van der Waals surface area contributed by atoms with Crippen molar-refractivity contribution in [2.24, 2.45) is 5.73 Å². The number of nitrogens with two attached hydrogens (primary N) is 1. The summed E-state index contributed by atoms with van der Waals surface area (Å²) in [6, 6.07) is 4.76. The Bertz CT molecular complexity index is 431. The van der Waals surface area contributed by atoms with Crippen LogP contribution in [0, 0.1) is 5.82 Å². The zero-order valence-corrected chi connectivity index (χ0v) is 9.87. The fraction of sp³-hybridized carbons (Fsp3) is 0.400. The van der Waals surface area contributed by atoms with Crippen LogP contribution in [-0.2, 0) is 10.0 Å². The van der Waals surface area contributed by atoms with Gasteiger partial charge in [-0.1, -0.05) is 6.92 Å². The molecule has 0 atom stereocenters. The monoisotopic (exact) mass is 246 g/mol. The summed E-state index contributed by atoms with van der Waals surface area (Å²) in [5.74, 6) is -0.458. The molecule has 0 amide bonds. The van der Waals surface area contributed by atoms with E-state index in [-0.39, 0.29) is 18.0 Å². The molecular weight excluding hydrogens is 231 g/mol. The van der Waals surface area contributed by atoms with Gasteiger partial charge in [-0.15, -0.1) is 0 Å². The van der Waals surface area contributed by atoms with E-state index in [0.29, 0.717) is 6.54 Å². The Morgan fingerprint density at radius 2 is 1.88 bits per heavy atom. The summed E-state index contributed by atoms with van der Waals surface area (Å²) < 4.78 is 38.0. The minimum atomic E-state index is -3.54. The van der Waals surface area contributed by atoms with Crippen molar-refractivity contribution in [2.75, 3.05) is 19.6 Å². The van der Waals surface area contributed by atoms with Crippen molar-refractivity contribution in [1.29, 1.82) is 0 Å². The van der Waals surface area contributed by atoms with Gasteiger partial charge in [-0.3, -0.25) is 0 Å². The van der Waals surface area contributed by atoms with E-state index in [9.17, 15) is 12.8 Å². The summed E-state index contributed by atoms with van der Waals surface area (Å²) in [6.45, 7) is 2.60. The molecule has 0 saturated carbocycles. The molecule has 0 heterocycles. The highest BCUT2D eigenvalue weighted by molar-refractivity contribution is 7.89.